The van der Waals surface area contributed by atoms with Gasteiger partial charge in [0.15, 0.2) is 0 Å². The molecule has 0 bridgehead atoms. The van der Waals surface area contributed by atoms with Gasteiger partial charge < -0.3 is 9.73 Å². The van der Waals surface area contributed by atoms with Gasteiger partial charge in [-0.3, -0.25) is 4.79 Å². The van der Waals surface area contributed by atoms with Gasteiger partial charge in [-0.15, -0.1) is 0 Å². The number of furan rings is 1. The van der Waals surface area contributed by atoms with E-state index in [4.69, 9.17) is 4.42 Å². The van der Waals surface area contributed by atoms with E-state index in [1.165, 1.54) is 4.31 Å². The van der Waals surface area contributed by atoms with Crippen molar-refractivity contribution in [3.8, 4) is 0 Å². The third-order valence-corrected chi connectivity index (χ3v) is 5.56. The first kappa shape index (κ1) is 19.6. The molecule has 25 heavy (non-hydrogen) atoms. The van der Waals surface area contributed by atoms with Crippen molar-refractivity contribution in [3.63, 3.8) is 0 Å². The molecule has 8 heteroatoms. The van der Waals surface area contributed by atoms with E-state index < -0.39 is 10.0 Å². The third-order valence-electron chi connectivity index (χ3n) is 3.38. The van der Waals surface area contributed by atoms with Crippen LogP contribution >= 0.6 is 11.8 Å². The normalized spacial score (nSPS) is 11.6. The zero-order valence-electron chi connectivity index (χ0n) is 14.1. The highest BCUT2D eigenvalue weighted by Crippen LogP contribution is 2.11. The number of sulfonamides is 1. The second kappa shape index (κ2) is 9.65. The topological polar surface area (TPSA) is 79.6 Å². The van der Waals surface area contributed by atoms with Gasteiger partial charge in [0.2, 0.25) is 15.9 Å². The maximum absolute atomic E-state index is 12.0. The number of nitrogens with zero attached hydrogens (tertiary/aromatic N) is 1. The summed E-state index contributed by atoms with van der Waals surface area (Å²) in [6, 6.07) is 13.0. The highest BCUT2D eigenvalue weighted by molar-refractivity contribution is 7.98. The number of carbonyl (C=O) groups excluding carboxylic acids is 1. The molecule has 2 rings (SSSR count). The molecule has 0 atom stereocenters. The predicted molar refractivity (Wildman–Crippen MR) is 99.6 cm³/mol. The first-order valence-electron chi connectivity index (χ1n) is 7.81. The molecule has 1 heterocycles. The van der Waals surface area contributed by atoms with Crippen LogP contribution in [0.2, 0.25) is 0 Å². The molecule has 0 unspecified atom stereocenters. The molecule has 1 aromatic carbocycles. The predicted octanol–water partition coefficient (Wildman–Crippen LogP) is 2.09. The molecule has 1 amide bonds. The Morgan fingerprint density at radius 1 is 1.20 bits per heavy atom. The van der Waals surface area contributed by atoms with Crippen LogP contribution in [0.1, 0.15) is 11.3 Å². The van der Waals surface area contributed by atoms with E-state index in [9.17, 15) is 13.2 Å². The molecule has 1 N–H and O–H groups in total. The maximum atomic E-state index is 12.0. The van der Waals surface area contributed by atoms with E-state index in [1.807, 2.05) is 42.5 Å². The van der Waals surface area contributed by atoms with Crippen molar-refractivity contribution in [2.24, 2.45) is 0 Å². The summed E-state index contributed by atoms with van der Waals surface area (Å²) in [7, 11) is -3.47. The van der Waals surface area contributed by atoms with Crippen LogP contribution in [-0.2, 0) is 27.1 Å². The second-order valence-electron chi connectivity index (χ2n) is 5.50. The molecule has 2 aromatic rings. The van der Waals surface area contributed by atoms with Crippen LogP contribution in [0.3, 0.4) is 0 Å². The number of amides is 1. The maximum Gasteiger partial charge on any atom is 0.235 e. The minimum Gasteiger partial charge on any atom is -0.468 e. The number of rotatable bonds is 10. The average Bonchev–Trinajstić information content (AvgIpc) is 3.07. The van der Waals surface area contributed by atoms with E-state index in [2.05, 4.69) is 5.32 Å². The minimum atomic E-state index is -3.47. The van der Waals surface area contributed by atoms with Crippen LogP contribution in [-0.4, -0.2) is 43.7 Å². The highest BCUT2D eigenvalue weighted by Gasteiger charge is 2.20. The van der Waals surface area contributed by atoms with E-state index in [0.717, 1.165) is 29.1 Å². The Kier molecular flexibility index (Phi) is 7.54. The molecule has 0 spiro atoms. The molecule has 0 fully saturated rings. The van der Waals surface area contributed by atoms with Crippen molar-refractivity contribution >= 4 is 27.7 Å². The molecule has 0 aliphatic heterocycles. The largest absolute Gasteiger partial charge is 0.468 e. The van der Waals surface area contributed by atoms with Gasteiger partial charge in [0.1, 0.15) is 5.76 Å². The quantitative estimate of drug-likeness (QED) is 0.637. The first-order chi connectivity index (χ1) is 11.9. The van der Waals surface area contributed by atoms with Gasteiger partial charge in [0.25, 0.3) is 0 Å². The number of nitrogens with one attached hydrogen (secondary N) is 1. The second-order valence-corrected chi connectivity index (χ2v) is 8.59. The Labute approximate surface area is 152 Å². The van der Waals surface area contributed by atoms with Gasteiger partial charge in [-0.25, -0.2) is 8.42 Å². The molecule has 0 radical (unpaired) electrons. The summed E-state index contributed by atoms with van der Waals surface area (Å²) < 4.78 is 30.2. The average molecular weight is 383 g/mol. The van der Waals surface area contributed by atoms with Gasteiger partial charge in [-0.1, -0.05) is 30.3 Å². The number of thioether (sulfide) groups is 1. The summed E-state index contributed by atoms with van der Waals surface area (Å²) in [6.45, 7) is 0.476. The fourth-order valence-electron chi connectivity index (χ4n) is 2.12. The van der Waals surface area contributed by atoms with Crippen LogP contribution in [0.15, 0.2) is 53.1 Å². The fraction of sp³-hybridized carbons (Fsp3) is 0.353. The number of carbonyl (C=O) groups is 1. The molecular formula is C17H22N2O4S2. The summed E-state index contributed by atoms with van der Waals surface area (Å²) in [6.07, 6.45) is 2.74. The van der Waals surface area contributed by atoms with E-state index in [0.29, 0.717) is 6.54 Å². The Morgan fingerprint density at radius 2 is 1.96 bits per heavy atom. The smallest absolute Gasteiger partial charge is 0.235 e. The summed E-state index contributed by atoms with van der Waals surface area (Å²) in [5, 5.41) is 2.75. The van der Waals surface area contributed by atoms with Crippen LogP contribution in [0, 0.1) is 0 Å². The minimum absolute atomic E-state index is 0.181. The fourth-order valence-corrected chi connectivity index (χ4v) is 3.62. The zero-order valence-corrected chi connectivity index (χ0v) is 15.7. The van der Waals surface area contributed by atoms with Gasteiger partial charge >= 0.3 is 0 Å². The number of hydrogen-bond acceptors (Lipinski definition) is 5. The van der Waals surface area contributed by atoms with Crippen LogP contribution < -0.4 is 5.32 Å². The highest BCUT2D eigenvalue weighted by atomic mass is 32.2. The van der Waals surface area contributed by atoms with Gasteiger partial charge in [0.05, 0.1) is 24.8 Å². The van der Waals surface area contributed by atoms with E-state index in [1.54, 1.807) is 18.0 Å². The van der Waals surface area contributed by atoms with Gasteiger partial charge in [0, 0.05) is 18.8 Å². The van der Waals surface area contributed by atoms with Crippen molar-refractivity contribution < 1.29 is 17.6 Å². The van der Waals surface area contributed by atoms with Crippen molar-refractivity contribution in [2.75, 3.05) is 25.1 Å². The molecule has 0 saturated carbocycles. The first-order valence-corrected chi connectivity index (χ1v) is 10.8. The lowest BCUT2D eigenvalue weighted by molar-refractivity contribution is -0.121. The molecular weight excluding hydrogens is 360 g/mol. The summed E-state index contributed by atoms with van der Waals surface area (Å²) in [5.41, 5.74) is 0.842. The standard InChI is InChI=1S/C17H22N2O4S2/c1-25(21,22)19(12-15-6-3-2-4-7-15)13-17(20)18-9-11-24-14-16-8-5-10-23-16/h2-8,10H,9,11-14H2,1H3,(H,18,20). The lowest BCUT2D eigenvalue weighted by atomic mass is 10.2. The molecule has 0 saturated heterocycles. The third kappa shape index (κ3) is 7.33. The molecule has 6 nitrogen and oxygen atoms in total. The van der Waals surface area contributed by atoms with Crippen LogP contribution in [0.25, 0.3) is 0 Å². The van der Waals surface area contributed by atoms with Crippen molar-refractivity contribution in [2.45, 2.75) is 12.3 Å². The van der Waals surface area contributed by atoms with E-state index in [-0.39, 0.29) is 19.0 Å². The summed E-state index contributed by atoms with van der Waals surface area (Å²) >= 11 is 1.64. The Balaban J connectivity index is 1.75. The van der Waals surface area contributed by atoms with Gasteiger partial charge in [-0.2, -0.15) is 16.1 Å². The Bertz CT molecular complexity index is 746. The Morgan fingerprint density at radius 3 is 2.60 bits per heavy atom. The van der Waals surface area contributed by atoms with Crippen molar-refractivity contribution in [1.29, 1.82) is 0 Å². The van der Waals surface area contributed by atoms with E-state index >= 15 is 0 Å². The summed E-state index contributed by atoms with van der Waals surface area (Å²) in [4.78, 5) is 12.0. The SMILES string of the molecule is CS(=O)(=O)N(CC(=O)NCCSCc1ccco1)Cc1ccccc1. The Hall–Kier alpha value is -1.77. The van der Waals surface area contributed by atoms with Crippen LogP contribution in [0.5, 0.6) is 0 Å². The van der Waals surface area contributed by atoms with Gasteiger partial charge in [-0.05, 0) is 17.7 Å². The van der Waals surface area contributed by atoms with Crippen molar-refractivity contribution in [1.82, 2.24) is 9.62 Å². The molecule has 136 valence electrons. The summed E-state index contributed by atoms with van der Waals surface area (Å²) in [5.74, 6) is 2.05. The lowest BCUT2D eigenvalue weighted by Gasteiger charge is -2.19. The molecule has 1 aromatic heterocycles. The zero-order chi connectivity index (χ0) is 18.1. The van der Waals surface area contributed by atoms with Crippen LogP contribution in [0.4, 0.5) is 0 Å². The molecule has 0 aliphatic carbocycles. The number of hydrogen-bond donors (Lipinski definition) is 1. The number of benzene rings is 1. The lowest BCUT2D eigenvalue weighted by Crippen LogP contribution is -2.40. The molecule has 0 aliphatic rings. The monoisotopic (exact) mass is 382 g/mol. The van der Waals surface area contributed by atoms with Crippen molar-refractivity contribution in [3.05, 3.63) is 60.1 Å².